The van der Waals surface area contributed by atoms with Gasteiger partial charge in [-0.1, -0.05) is 0 Å². The molecule has 0 spiro atoms. The summed E-state index contributed by atoms with van der Waals surface area (Å²) in [5.74, 6) is 0.844. The van der Waals surface area contributed by atoms with Gasteiger partial charge in [0, 0.05) is 48.3 Å². The van der Waals surface area contributed by atoms with Crippen LogP contribution in [0.2, 0.25) is 0 Å². The smallest absolute Gasteiger partial charge is 0.241 e. The van der Waals surface area contributed by atoms with Gasteiger partial charge in [0.05, 0.1) is 30.0 Å². The lowest BCUT2D eigenvalue weighted by atomic mass is 9.85. The molecule has 1 fully saturated rings. The summed E-state index contributed by atoms with van der Waals surface area (Å²) in [7, 11) is 1.67. The third-order valence-corrected chi connectivity index (χ3v) is 5.63. The van der Waals surface area contributed by atoms with Gasteiger partial charge in [0.1, 0.15) is 6.07 Å². The lowest BCUT2D eigenvalue weighted by Crippen LogP contribution is -2.23. The van der Waals surface area contributed by atoms with Gasteiger partial charge in [0.25, 0.3) is 0 Å². The number of anilines is 1. The van der Waals surface area contributed by atoms with Crippen LogP contribution in [-0.4, -0.2) is 50.6 Å². The molecule has 1 aliphatic rings. The van der Waals surface area contributed by atoms with Crippen LogP contribution in [0.3, 0.4) is 0 Å². The van der Waals surface area contributed by atoms with Gasteiger partial charge in [-0.3, -0.25) is 4.98 Å². The number of fused-ring (bicyclic) bond motifs is 1. The maximum atomic E-state index is 9.93. The van der Waals surface area contributed by atoms with Gasteiger partial charge in [0.15, 0.2) is 0 Å². The molecule has 0 amide bonds. The molecule has 0 bridgehead atoms. The summed E-state index contributed by atoms with van der Waals surface area (Å²) in [5.41, 5.74) is 4.31. The minimum absolute atomic E-state index is 0.0762. The number of hydrogen-bond donors (Lipinski definition) is 2. The van der Waals surface area contributed by atoms with Crippen molar-refractivity contribution in [3.05, 3.63) is 42.0 Å². The Balaban J connectivity index is 1.79. The Morgan fingerprint density at radius 3 is 2.80 bits per heavy atom. The second-order valence-electron chi connectivity index (χ2n) is 7.94. The van der Waals surface area contributed by atoms with Crippen molar-refractivity contribution >= 4 is 11.5 Å². The summed E-state index contributed by atoms with van der Waals surface area (Å²) in [5, 5.41) is 27.2. The van der Waals surface area contributed by atoms with Crippen LogP contribution in [0.25, 0.3) is 16.6 Å². The first kappa shape index (κ1) is 20.3. The quantitative estimate of drug-likeness (QED) is 0.647. The Labute approximate surface area is 175 Å². The number of ether oxygens (including phenoxy) is 1. The lowest BCUT2D eigenvalue weighted by molar-refractivity contribution is 0.121. The standard InChI is InChI=1S/C22H26N6O2/c1-14(13-30-2)26-22-25-12-21-19(17-7-15(9-23)10-24-11-17)8-20(28(21)27-22)16-3-5-18(29)6-4-16/h7-8,10-12,14,16,18,29H,3-6,13H2,1-2H3,(H,26,27)/t14-,16-,18-/m0/s1. The van der Waals surface area contributed by atoms with Crippen LogP contribution in [0.1, 0.15) is 49.8 Å². The second kappa shape index (κ2) is 8.78. The molecule has 156 valence electrons. The molecule has 0 unspecified atom stereocenters. The Morgan fingerprint density at radius 1 is 1.27 bits per heavy atom. The number of hydrogen-bond acceptors (Lipinski definition) is 7. The third kappa shape index (κ3) is 4.13. The summed E-state index contributed by atoms with van der Waals surface area (Å²) < 4.78 is 7.14. The maximum absolute atomic E-state index is 9.93. The zero-order chi connectivity index (χ0) is 21.1. The zero-order valence-electron chi connectivity index (χ0n) is 17.2. The first-order valence-electron chi connectivity index (χ1n) is 10.3. The molecule has 3 aromatic heterocycles. The van der Waals surface area contributed by atoms with E-state index in [1.165, 1.54) is 0 Å². The fourth-order valence-electron chi connectivity index (χ4n) is 4.13. The highest BCUT2D eigenvalue weighted by Crippen LogP contribution is 2.37. The number of aliphatic hydroxyl groups is 1. The van der Waals surface area contributed by atoms with Crippen LogP contribution in [0, 0.1) is 11.3 Å². The van der Waals surface area contributed by atoms with Gasteiger partial charge in [-0.05, 0) is 44.7 Å². The Kier molecular flexibility index (Phi) is 5.93. The van der Waals surface area contributed by atoms with Crippen molar-refractivity contribution in [3.63, 3.8) is 0 Å². The van der Waals surface area contributed by atoms with E-state index in [2.05, 4.69) is 27.4 Å². The number of aromatic nitrogens is 4. The largest absolute Gasteiger partial charge is 0.393 e. The van der Waals surface area contributed by atoms with Crippen molar-refractivity contribution in [1.29, 1.82) is 5.26 Å². The summed E-state index contributed by atoms with van der Waals surface area (Å²) in [4.78, 5) is 8.72. The van der Waals surface area contributed by atoms with Gasteiger partial charge >= 0.3 is 0 Å². The van der Waals surface area contributed by atoms with E-state index < -0.39 is 0 Å². The molecule has 8 nitrogen and oxygen atoms in total. The SMILES string of the molecule is COC[C@H](C)Nc1ncc2c(-c3cncc(C#N)c3)cc([C@H]3CC[C@H](O)CC3)n2n1. The van der Waals surface area contributed by atoms with E-state index in [1.54, 1.807) is 19.5 Å². The molecule has 0 aromatic carbocycles. The first-order valence-corrected chi connectivity index (χ1v) is 10.3. The van der Waals surface area contributed by atoms with Crippen LogP contribution >= 0.6 is 0 Å². The molecular formula is C22H26N6O2. The number of pyridine rings is 1. The fraction of sp³-hybridized carbons (Fsp3) is 0.455. The first-order chi connectivity index (χ1) is 14.6. The molecule has 8 heteroatoms. The minimum atomic E-state index is -0.217. The van der Waals surface area contributed by atoms with Crippen LogP contribution in [-0.2, 0) is 4.74 Å². The average molecular weight is 406 g/mol. The predicted molar refractivity (Wildman–Crippen MR) is 113 cm³/mol. The molecule has 3 aromatic rings. The highest BCUT2D eigenvalue weighted by atomic mass is 16.5. The Hall–Kier alpha value is -3.02. The maximum Gasteiger partial charge on any atom is 0.241 e. The van der Waals surface area contributed by atoms with Gasteiger partial charge < -0.3 is 15.2 Å². The van der Waals surface area contributed by atoms with E-state index in [-0.39, 0.29) is 12.1 Å². The second-order valence-corrected chi connectivity index (χ2v) is 7.94. The van der Waals surface area contributed by atoms with E-state index >= 15 is 0 Å². The molecular weight excluding hydrogens is 380 g/mol. The predicted octanol–water partition coefficient (Wildman–Crippen LogP) is 3.13. The van der Waals surface area contributed by atoms with Crippen LogP contribution in [0.4, 0.5) is 5.95 Å². The number of aliphatic hydroxyl groups excluding tert-OH is 1. The van der Waals surface area contributed by atoms with E-state index in [0.717, 1.165) is 48.0 Å². The summed E-state index contributed by atoms with van der Waals surface area (Å²) in [6.45, 7) is 2.57. The van der Waals surface area contributed by atoms with Gasteiger partial charge in [-0.25, -0.2) is 9.50 Å². The molecule has 30 heavy (non-hydrogen) atoms. The van der Waals surface area contributed by atoms with Crippen molar-refractivity contribution in [2.24, 2.45) is 0 Å². The van der Waals surface area contributed by atoms with E-state index in [9.17, 15) is 10.4 Å². The van der Waals surface area contributed by atoms with Gasteiger partial charge in [0.2, 0.25) is 5.95 Å². The monoisotopic (exact) mass is 406 g/mol. The minimum Gasteiger partial charge on any atom is -0.393 e. The van der Waals surface area contributed by atoms with Gasteiger partial charge in [-0.15, -0.1) is 5.10 Å². The third-order valence-electron chi connectivity index (χ3n) is 5.63. The number of nitrogens with one attached hydrogen (secondary N) is 1. The highest BCUT2D eigenvalue weighted by Gasteiger charge is 2.25. The zero-order valence-corrected chi connectivity index (χ0v) is 17.2. The summed E-state index contributed by atoms with van der Waals surface area (Å²) in [6, 6.07) is 6.20. The number of nitriles is 1. The van der Waals surface area contributed by atoms with E-state index in [0.29, 0.717) is 24.0 Å². The molecule has 1 atom stereocenters. The van der Waals surface area contributed by atoms with Crippen LogP contribution < -0.4 is 5.32 Å². The summed E-state index contributed by atoms with van der Waals surface area (Å²) in [6.07, 6.45) is 8.32. The molecule has 1 aliphatic carbocycles. The number of nitrogens with zero attached hydrogens (tertiary/aromatic N) is 5. The topological polar surface area (TPSA) is 108 Å². The molecule has 3 heterocycles. The van der Waals surface area contributed by atoms with Crippen molar-refractivity contribution in [1.82, 2.24) is 19.6 Å². The van der Waals surface area contributed by atoms with Crippen LogP contribution in [0.5, 0.6) is 0 Å². The molecule has 1 saturated carbocycles. The van der Waals surface area contributed by atoms with E-state index in [1.807, 2.05) is 23.7 Å². The summed E-state index contributed by atoms with van der Waals surface area (Å²) >= 11 is 0. The molecule has 0 saturated heterocycles. The van der Waals surface area contributed by atoms with Crippen molar-refractivity contribution < 1.29 is 9.84 Å². The van der Waals surface area contributed by atoms with Crippen molar-refractivity contribution in [2.75, 3.05) is 19.0 Å². The average Bonchev–Trinajstić information content (AvgIpc) is 3.13. The molecule has 2 N–H and O–H groups in total. The normalized spacial score (nSPS) is 20.1. The number of methoxy groups -OCH3 is 1. The number of rotatable bonds is 6. The van der Waals surface area contributed by atoms with E-state index in [4.69, 9.17) is 9.84 Å². The Morgan fingerprint density at radius 2 is 2.07 bits per heavy atom. The van der Waals surface area contributed by atoms with Gasteiger partial charge in [-0.2, -0.15) is 5.26 Å². The van der Waals surface area contributed by atoms with Crippen molar-refractivity contribution in [3.8, 4) is 17.2 Å². The molecule has 0 radical (unpaired) electrons. The lowest BCUT2D eigenvalue weighted by Gasteiger charge is -2.25. The van der Waals surface area contributed by atoms with Crippen LogP contribution in [0.15, 0.2) is 30.7 Å². The molecule has 4 rings (SSSR count). The Bertz CT molecular complexity index is 1070. The molecule has 0 aliphatic heterocycles. The highest BCUT2D eigenvalue weighted by molar-refractivity contribution is 5.81. The van der Waals surface area contributed by atoms with Crippen molar-refractivity contribution in [2.45, 2.75) is 50.7 Å². The fourth-order valence-corrected chi connectivity index (χ4v) is 4.13.